The van der Waals surface area contributed by atoms with Crippen molar-refractivity contribution in [2.75, 3.05) is 20.1 Å². The monoisotopic (exact) mass is 297 g/mol. The highest BCUT2D eigenvalue weighted by atomic mass is 16.4. The standard InChI is InChI=1S/C12H19N5O4/c1-3-14-10(18)6-17(2)12(21)16-9(11(19)20)4-8-5-13-7-15-8/h5,7,9H,3-4,6H2,1-2H3,(H,13,15)(H,14,18)(H,16,21)(H,19,20). The maximum atomic E-state index is 11.9. The van der Waals surface area contributed by atoms with Crippen molar-refractivity contribution in [2.45, 2.75) is 19.4 Å². The minimum absolute atomic E-state index is 0.0794. The summed E-state index contributed by atoms with van der Waals surface area (Å²) in [5.74, 6) is -1.47. The maximum absolute atomic E-state index is 11.9. The number of carbonyl (C=O) groups is 3. The van der Waals surface area contributed by atoms with Crippen LogP contribution in [0.25, 0.3) is 0 Å². The highest BCUT2D eigenvalue weighted by molar-refractivity contribution is 5.86. The minimum Gasteiger partial charge on any atom is -0.480 e. The van der Waals surface area contributed by atoms with Crippen LogP contribution in [-0.4, -0.2) is 64.1 Å². The first kappa shape index (κ1) is 16.5. The van der Waals surface area contributed by atoms with Crippen molar-refractivity contribution in [2.24, 2.45) is 0 Å². The molecule has 0 spiro atoms. The lowest BCUT2D eigenvalue weighted by Crippen LogP contribution is -2.49. The molecule has 0 saturated carbocycles. The molecular weight excluding hydrogens is 278 g/mol. The van der Waals surface area contributed by atoms with Gasteiger partial charge in [0.05, 0.1) is 6.33 Å². The van der Waals surface area contributed by atoms with Gasteiger partial charge in [-0.15, -0.1) is 0 Å². The van der Waals surface area contributed by atoms with Crippen molar-refractivity contribution in [3.8, 4) is 0 Å². The summed E-state index contributed by atoms with van der Waals surface area (Å²) in [4.78, 5) is 42.1. The molecule has 9 heteroatoms. The molecule has 0 aromatic carbocycles. The molecule has 4 N–H and O–H groups in total. The van der Waals surface area contributed by atoms with E-state index in [1.165, 1.54) is 19.6 Å². The van der Waals surface area contributed by atoms with Gasteiger partial charge in [0.1, 0.15) is 12.6 Å². The quantitative estimate of drug-likeness (QED) is 0.523. The van der Waals surface area contributed by atoms with Crippen molar-refractivity contribution in [3.63, 3.8) is 0 Å². The van der Waals surface area contributed by atoms with Crippen molar-refractivity contribution >= 4 is 17.9 Å². The number of aromatic amines is 1. The van der Waals surface area contributed by atoms with Crippen molar-refractivity contribution in [1.29, 1.82) is 0 Å². The summed E-state index contributed by atoms with van der Waals surface area (Å²) >= 11 is 0. The van der Waals surface area contributed by atoms with Gasteiger partial charge in [0.15, 0.2) is 0 Å². The second kappa shape index (κ2) is 7.88. The molecule has 0 fully saturated rings. The lowest BCUT2D eigenvalue weighted by atomic mass is 10.1. The van der Waals surface area contributed by atoms with E-state index in [0.29, 0.717) is 12.2 Å². The molecule has 0 aliphatic heterocycles. The molecule has 0 aliphatic carbocycles. The Labute approximate surface area is 121 Å². The van der Waals surface area contributed by atoms with Crippen LogP contribution in [0.1, 0.15) is 12.6 Å². The van der Waals surface area contributed by atoms with Gasteiger partial charge >= 0.3 is 12.0 Å². The van der Waals surface area contributed by atoms with Crippen LogP contribution in [-0.2, 0) is 16.0 Å². The van der Waals surface area contributed by atoms with Crippen LogP contribution < -0.4 is 10.6 Å². The molecule has 9 nitrogen and oxygen atoms in total. The number of hydrogen-bond acceptors (Lipinski definition) is 4. The molecule has 21 heavy (non-hydrogen) atoms. The topological polar surface area (TPSA) is 127 Å². The second-order valence-corrected chi connectivity index (χ2v) is 4.43. The third-order valence-corrected chi connectivity index (χ3v) is 2.68. The van der Waals surface area contributed by atoms with Gasteiger partial charge in [-0.3, -0.25) is 4.79 Å². The van der Waals surface area contributed by atoms with Gasteiger partial charge in [0, 0.05) is 31.9 Å². The Morgan fingerprint density at radius 3 is 2.71 bits per heavy atom. The van der Waals surface area contributed by atoms with Crippen molar-refractivity contribution in [3.05, 3.63) is 18.2 Å². The average molecular weight is 297 g/mol. The van der Waals surface area contributed by atoms with E-state index >= 15 is 0 Å². The Hall–Kier alpha value is -2.58. The third-order valence-electron chi connectivity index (χ3n) is 2.68. The van der Waals surface area contributed by atoms with E-state index in [1.807, 2.05) is 0 Å². The summed E-state index contributed by atoms with van der Waals surface area (Å²) in [6.07, 6.45) is 2.99. The zero-order chi connectivity index (χ0) is 15.8. The first-order chi connectivity index (χ1) is 9.93. The van der Waals surface area contributed by atoms with Gasteiger partial charge in [0.25, 0.3) is 0 Å². The van der Waals surface area contributed by atoms with Gasteiger partial charge in [-0.2, -0.15) is 0 Å². The summed E-state index contributed by atoms with van der Waals surface area (Å²) in [5.41, 5.74) is 0.592. The first-order valence-electron chi connectivity index (χ1n) is 6.42. The molecular formula is C12H19N5O4. The van der Waals surface area contributed by atoms with E-state index in [9.17, 15) is 14.4 Å². The molecule has 0 bridgehead atoms. The van der Waals surface area contributed by atoms with E-state index in [-0.39, 0.29) is 18.9 Å². The lowest BCUT2D eigenvalue weighted by Gasteiger charge is -2.20. The Morgan fingerprint density at radius 1 is 1.48 bits per heavy atom. The zero-order valence-electron chi connectivity index (χ0n) is 11.9. The number of aliphatic carboxylic acids is 1. The average Bonchev–Trinajstić information content (AvgIpc) is 2.90. The Bertz CT molecular complexity index is 488. The third kappa shape index (κ3) is 5.51. The van der Waals surface area contributed by atoms with Crippen molar-refractivity contribution in [1.82, 2.24) is 25.5 Å². The SMILES string of the molecule is CCNC(=O)CN(C)C(=O)NC(Cc1cnc[nH]1)C(=O)O. The summed E-state index contributed by atoms with van der Waals surface area (Å²) < 4.78 is 0. The minimum atomic E-state index is -1.16. The summed E-state index contributed by atoms with van der Waals surface area (Å²) in [7, 11) is 1.42. The fraction of sp³-hybridized carbons (Fsp3) is 0.500. The number of carboxylic acids is 1. The van der Waals surface area contributed by atoms with Crippen LogP contribution in [0, 0.1) is 0 Å². The molecule has 1 aromatic rings. The maximum Gasteiger partial charge on any atom is 0.326 e. The molecule has 1 heterocycles. The number of rotatable bonds is 7. The zero-order valence-corrected chi connectivity index (χ0v) is 11.9. The van der Waals surface area contributed by atoms with Gasteiger partial charge in [-0.1, -0.05) is 0 Å². The number of nitrogens with one attached hydrogen (secondary N) is 3. The number of H-pyrrole nitrogens is 1. The van der Waals surface area contributed by atoms with E-state index < -0.39 is 18.0 Å². The van der Waals surface area contributed by atoms with E-state index in [1.54, 1.807) is 6.92 Å². The van der Waals surface area contributed by atoms with Crippen LogP contribution in [0.5, 0.6) is 0 Å². The van der Waals surface area contributed by atoms with E-state index in [0.717, 1.165) is 4.90 Å². The normalized spacial score (nSPS) is 11.5. The summed E-state index contributed by atoms with van der Waals surface area (Å²) in [5, 5.41) is 14.0. The summed E-state index contributed by atoms with van der Waals surface area (Å²) in [6, 6.07) is -1.73. The highest BCUT2D eigenvalue weighted by Gasteiger charge is 2.23. The van der Waals surface area contributed by atoms with Gasteiger partial charge in [-0.05, 0) is 6.92 Å². The molecule has 1 aromatic heterocycles. The number of likely N-dealkylation sites (N-methyl/N-ethyl adjacent to an activating group) is 2. The fourth-order valence-electron chi connectivity index (χ4n) is 1.62. The van der Waals surface area contributed by atoms with Gasteiger partial charge in [0.2, 0.25) is 5.91 Å². The molecule has 1 rings (SSSR count). The highest BCUT2D eigenvalue weighted by Crippen LogP contribution is 2.00. The van der Waals surface area contributed by atoms with Crippen LogP contribution >= 0.6 is 0 Å². The number of nitrogens with zero attached hydrogens (tertiary/aromatic N) is 2. The fourth-order valence-corrected chi connectivity index (χ4v) is 1.62. The molecule has 3 amide bonds. The van der Waals surface area contributed by atoms with Crippen LogP contribution in [0.4, 0.5) is 4.79 Å². The number of urea groups is 1. The Balaban J connectivity index is 2.55. The lowest BCUT2D eigenvalue weighted by molar-refractivity contribution is -0.139. The van der Waals surface area contributed by atoms with E-state index in [4.69, 9.17) is 5.11 Å². The first-order valence-corrected chi connectivity index (χ1v) is 6.42. The van der Waals surface area contributed by atoms with Crippen LogP contribution in [0.15, 0.2) is 12.5 Å². The molecule has 116 valence electrons. The molecule has 1 atom stereocenters. The number of carboxylic acid groups (broad SMARTS) is 1. The molecule has 0 saturated heterocycles. The Morgan fingerprint density at radius 2 is 2.19 bits per heavy atom. The molecule has 0 aliphatic rings. The predicted octanol–water partition coefficient (Wildman–Crippen LogP) is -0.817. The largest absolute Gasteiger partial charge is 0.480 e. The van der Waals surface area contributed by atoms with Gasteiger partial charge in [-0.25, -0.2) is 14.6 Å². The van der Waals surface area contributed by atoms with Crippen LogP contribution in [0.3, 0.4) is 0 Å². The number of carbonyl (C=O) groups excluding carboxylic acids is 2. The van der Waals surface area contributed by atoms with Crippen LogP contribution in [0.2, 0.25) is 0 Å². The Kier molecular flexibility index (Phi) is 6.18. The second-order valence-electron chi connectivity index (χ2n) is 4.43. The number of hydrogen-bond donors (Lipinski definition) is 4. The number of imidazole rings is 1. The molecule has 1 unspecified atom stereocenters. The summed E-state index contributed by atoms with van der Waals surface area (Å²) in [6.45, 7) is 2.09. The van der Waals surface area contributed by atoms with Crippen molar-refractivity contribution < 1.29 is 19.5 Å². The smallest absolute Gasteiger partial charge is 0.326 e. The van der Waals surface area contributed by atoms with Gasteiger partial charge < -0.3 is 25.6 Å². The number of amides is 3. The number of aromatic nitrogens is 2. The predicted molar refractivity (Wildman–Crippen MR) is 73.6 cm³/mol. The molecule has 0 radical (unpaired) electrons. The van der Waals surface area contributed by atoms with E-state index in [2.05, 4.69) is 20.6 Å².